The normalized spacial score (nSPS) is 9.42. The van der Waals surface area contributed by atoms with Gasteiger partial charge in [-0.15, -0.1) is 0 Å². The maximum atomic E-state index is 11.0. The molecule has 0 amide bonds. The maximum Gasteiger partial charge on any atom is 0.311 e. The van der Waals surface area contributed by atoms with E-state index in [1.165, 1.54) is 0 Å². The van der Waals surface area contributed by atoms with Crippen LogP contribution in [0.4, 0.5) is 0 Å². The SMILES string of the molecule is CCCC(=O)Oc1ccccc1.CCCC(=O)Oc1ccccc1. The van der Waals surface area contributed by atoms with Gasteiger partial charge >= 0.3 is 11.9 Å². The highest BCUT2D eigenvalue weighted by atomic mass is 16.5. The number of hydrogen-bond acceptors (Lipinski definition) is 4. The molecule has 0 spiro atoms. The van der Waals surface area contributed by atoms with Crippen molar-refractivity contribution in [2.75, 3.05) is 0 Å². The van der Waals surface area contributed by atoms with Gasteiger partial charge in [-0.3, -0.25) is 9.59 Å². The van der Waals surface area contributed by atoms with Crippen molar-refractivity contribution in [1.29, 1.82) is 0 Å². The fraction of sp³-hybridized carbons (Fsp3) is 0.300. The average Bonchev–Trinajstić information content (AvgIpc) is 2.58. The smallest absolute Gasteiger partial charge is 0.311 e. The van der Waals surface area contributed by atoms with Crippen LogP contribution in [0.25, 0.3) is 0 Å². The number of para-hydroxylation sites is 2. The zero-order valence-corrected chi connectivity index (χ0v) is 14.2. The van der Waals surface area contributed by atoms with Gasteiger partial charge in [-0.1, -0.05) is 50.2 Å². The van der Waals surface area contributed by atoms with E-state index in [9.17, 15) is 9.59 Å². The Morgan fingerprint density at radius 3 is 1.29 bits per heavy atom. The van der Waals surface area contributed by atoms with E-state index in [-0.39, 0.29) is 11.9 Å². The van der Waals surface area contributed by atoms with Crippen LogP contribution in [0, 0.1) is 0 Å². The molecule has 0 saturated heterocycles. The van der Waals surface area contributed by atoms with Crippen molar-refractivity contribution in [2.24, 2.45) is 0 Å². The molecule has 0 atom stereocenters. The van der Waals surface area contributed by atoms with E-state index < -0.39 is 0 Å². The largest absolute Gasteiger partial charge is 0.427 e. The van der Waals surface area contributed by atoms with Crippen LogP contribution < -0.4 is 9.47 Å². The first kappa shape index (κ1) is 19.4. The molecule has 0 unspecified atom stereocenters. The molecule has 0 heterocycles. The Kier molecular flexibility index (Phi) is 9.62. The molecule has 0 aliphatic carbocycles. The summed E-state index contributed by atoms with van der Waals surface area (Å²) >= 11 is 0. The number of hydrogen-bond donors (Lipinski definition) is 0. The quantitative estimate of drug-likeness (QED) is 0.565. The lowest BCUT2D eigenvalue weighted by molar-refractivity contribution is -0.135. The van der Waals surface area contributed by atoms with Crippen molar-refractivity contribution in [1.82, 2.24) is 0 Å². The van der Waals surface area contributed by atoms with Crippen molar-refractivity contribution in [3.8, 4) is 11.5 Å². The third-order valence-electron chi connectivity index (χ3n) is 2.86. The Morgan fingerprint density at radius 2 is 1.00 bits per heavy atom. The molecule has 2 aromatic carbocycles. The Labute approximate surface area is 143 Å². The van der Waals surface area contributed by atoms with E-state index in [0.29, 0.717) is 24.3 Å². The van der Waals surface area contributed by atoms with E-state index in [1.54, 1.807) is 24.3 Å². The third kappa shape index (κ3) is 8.73. The lowest BCUT2D eigenvalue weighted by atomic mass is 10.3. The molecule has 0 N–H and O–H groups in total. The van der Waals surface area contributed by atoms with Crippen LogP contribution in [0.5, 0.6) is 11.5 Å². The molecule has 0 aliphatic heterocycles. The summed E-state index contributed by atoms with van der Waals surface area (Å²) in [6, 6.07) is 18.2. The second kappa shape index (κ2) is 11.9. The van der Waals surface area contributed by atoms with E-state index in [0.717, 1.165) is 12.8 Å². The monoisotopic (exact) mass is 328 g/mol. The van der Waals surface area contributed by atoms with Gasteiger partial charge in [0.2, 0.25) is 0 Å². The zero-order valence-electron chi connectivity index (χ0n) is 14.2. The van der Waals surface area contributed by atoms with Crippen LogP contribution in [0.15, 0.2) is 60.7 Å². The van der Waals surface area contributed by atoms with Gasteiger partial charge in [0.1, 0.15) is 11.5 Å². The fourth-order valence-corrected chi connectivity index (χ4v) is 1.75. The molecule has 0 fully saturated rings. The number of carbonyl (C=O) groups is 2. The van der Waals surface area contributed by atoms with Gasteiger partial charge in [0.25, 0.3) is 0 Å². The molecule has 128 valence electrons. The molecule has 0 saturated carbocycles. The van der Waals surface area contributed by atoms with Gasteiger partial charge in [0.05, 0.1) is 0 Å². The maximum absolute atomic E-state index is 11.0. The predicted molar refractivity (Wildman–Crippen MR) is 94.0 cm³/mol. The first-order valence-electron chi connectivity index (χ1n) is 8.17. The summed E-state index contributed by atoms with van der Waals surface area (Å²) in [6.45, 7) is 3.90. The van der Waals surface area contributed by atoms with Crippen molar-refractivity contribution in [2.45, 2.75) is 39.5 Å². The molecule has 24 heavy (non-hydrogen) atoms. The lowest BCUT2D eigenvalue weighted by Gasteiger charge is -2.01. The summed E-state index contributed by atoms with van der Waals surface area (Å²) in [5.74, 6) is 0.916. The molecule has 0 aliphatic rings. The Hall–Kier alpha value is -2.62. The summed E-state index contributed by atoms with van der Waals surface area (Å²) < 4.78 is 10.0. The average molecular weight is 328 g/mol. The summed E-state index contributed by atoms with van der Waals surface area (Å²) in [5, 5.41) is 0. The van der Waals surface area contributed by atoms with Crippen molar-refractivity contribution < 1.29 is 19.1 Å². The van der Waals surface area contributed by atoms with Gasteiger partial charge in [-0.2, -0.15) is 0 Å². The minimum atomic E-state index is -0.163. The minimum Gasteiger partial charge on any atom is -0.427 e. The van der Waals surface area contributed by atoms with Crippen LogP contribution in [0.2, 0.25) is 0 Å². The van der Waals surface area contributed by atoms with Crippen molar-refractivity contribution in [3.63, 3.8) is 0 Å². The highest BCUT2D eigenvalue weighted by Crippen LogP contribution is 2.10. The van der Waals surface area contributed by atoms with Crippen molar-refractivity contribution >= 4 is 11.9 Å². The second-order valence-electron chi connectivity index (χ2n) is 5.07. The molecular formula is C20H24O4. The number of ether oxygens (including phenoxy) is 2. The summed E-state index contributed by atoms with van der Waals surface area (Å²) in [4.78, 5) is 22.0. The highest BCUT2D eigenvalue weighted by Gasteiger charge is 2.01. The first-order valence-corrected chi connectivity index (χ1v) is 8.17. The van der Waals surface area contributed by atoms with Crippen molar-refractivity contribution in [3.05, 3.63) is 60.7 Å². The van der Waals surface area contributed by atoms with Crippen LogP contribution in [0.3, 0.4) is 0 Å². The second-order valence-corrected chi connectivity index (χ2v) is 5.07. The molecule has 0 bridgehead atoms. The van der Waals surface area contributed by atoms with Crippen LogP contribution in [-0.4, -0.2) is 11.9 Å². The molecule has 0 radical (unpaired) electrons. The zero-order chi connectivity index (χ0) is 17.6. The number of benzene rings is 2. The van der Waals surface area contributed by atoms with E-state index >= 15 is 0 Å². The molecule has 4 heteroatoms. The summed E-state index contributed by atoms with van der Waals surface area (Å²) in [5.41, 5.74) is 0. The van der Waals surface area contributed by atoms with Gasteiger partial charge in [0, 0.05) is 12.8 Å². The van der Waals surface area contributed by atoms with E-state index in [1.807, 2.05) is 50.2 Å². The topological polar surface area (TPSA) is 52.6 Å². The predicted octanol–water partition coefficient (Wildman–Crippen LogP) is 4.78. The fourth-order valence-electron chi connectivity index (χ4n) is 1.75. The van der Waals surface area contributed by atoms with Gasteiger partial charge in [-0.25, -0.2) is 0 Å². The molecule has 0 aromatic heterocycles. The number of rotatable bonds is 6. The lowest BCUT2D eigenvalue weighted by Crippen LogP contribution is -2.06. The van der Waals surface area contributed by atoms with E-state index in [2.05, 4.69) is 0 Å². The molecular weight excluding hydrogens is 304 g/mol. The van der Waals surface area contributed by atoms with Crippen LogP contribution >= 0.6 is 0 Å². The molecule has 2 aromatic rings. The number of carbonyl (C=O) groups excluding carboxylic acids is 2. The first-order chi connectivity index (χ1) is 11.7. The Morgan fingerprint density at radius 1 is 0.667 bits per heavy atom. The highest BCUT2D eigenvalue weighted by molar-refractivity contribution is 5.72. The van der Waals surface area contributed by atoms with Crippen LogP contribution in [-0.2, 0) is 9.59 Å². The third-order valence-corrected chi connectivity index (χ3v) is 2.86. The minimum absolute atomic E-state index is 0.163. The Bertz CT molecular complexity index is 538. The standard InChI is InChI=1S/2C10H12O2/c2*1-2-6-10(11)12-9-7-4-3-5-8-9/h2*3-5,7-8H,2,6H2,1H3. The van der Waals surface area contributed by atoms with Gasteiger partial charge in [0.15, 0.2) is 0 Å². The number of esters is 2. The van der Waals surface area contributed by atoms with Gasteiger partial charge < -0.3 is 9.47 Å². The van der Waals surface area contributed by atoms with Gasteiger partial charge in [-0.05, 0) is 37.1 Å². The molecule has 2 rings (SSSR count). The Balaban J connectivity index is 0.000000240. The summed E-state index contributed by atoms with van der Waals surface area (Å²) in [6.07, 6.45) is 2.61. The summed E-state index contributed by atoms with van der Waals surface area (Å²) in [7, 11) is 0. The van der Waals surface area contributed by atoms with E-state index in [4.69, 9.17) is 9.47 Å². The van der Waals surface area contributed by atoms with Crippen LogP contribution in [0.1, 0.15) is 39.5 Å². The molecule has 4 nitrogen and oxygen atoms in total.